The molecule has 5 heteroatoms. The molecule has 22 heavy (non-hydrogen) atoms. The van der Waals surface area contributed by atoms with Crippen LogP contribution < -0.4 is 0 Å². The van der Waals surface area contributed by atoms with E-state index in [0.717, 1.165) is 29.7 Å². The van der Waals surface area contributed by atoms with Gasteiger partial charge in [0.1, 0.15) is 16.9 Å². The van der Waals surface area contributed by atoms with Gasteiger partial charge in [0.25, 0.3) is 0 Å². The Morgan fingerprint density at radius 1 is 1.32 bits per heavy atom. The van der Waals surface area contributed by atoms with E-state index in [-0.39, 0.29) is 0 Å². The molecule has 0 aromatic carbocycles. The minimum absolute atomic E-state index is 0.335. The van der Waals surface area contributed by atoms with E-state index in [9.17, 15) is 9.90 Å². The zero-order valence-corrected chi connectivity index (χ0v) is 13.5. The first-order valence-corrected chi connectivity index (χ1v) is 8.00. The van der Waals surface area contributed by atoms with Crippen molar-refractivity contribution in [3.05, 3.63) is 23.7 Å². The zero-order chi connectivity index (χ0) is 15.9. The smallest absolute Gasteiger partial charge is 0.329 e. The molecule has 5 nitrogen and oxygen atoms in total. The highest BCUT2D eigenvalue weighted by Crippen LogP contribution is 2.36. The molecule has 2 heterocycles. The van der Waals surface area contributed by atoms with Crippen LogP contribution >= 0.6 is 0 Å². The molecule has 1 aliphatic rings. The number of hydrogen-bond donors (Lipinski definition) is 1. The Hall–Kier alpha value is -1.91. The number of rotatable bonds is 3. The van der Waals surface area contributed by atoms with Crippen LogP contribution in [-0.2, 0) is 10.3 Å². The molecule has 0 unspecified atom stereocenters. The van der Waals surface area contributed by atoms with E-state index in [1.165, 1.54) is 19.3 Å². The number of hydrogen-bond acceptors (Lipinski definition) is 3. The lowest BCUT2D eigenvalue weighted by molar-refractivity contribution is -0.145. The fourth-order valence-corrected chi connectivity index (χ4v) is 3.36. The van der Waals surface area contributed by atoms with Gasteiger partial charge < -0.3 is 5.11 Å². The van der Waals surface area contributed by atoms with Gasteiger partial charge in [0, 0.05) is 12.1 Å². The van der Waals surface area contributed by atoms with E-state index < -0.39 is 11.5 Å². The monoisotopic (exact) mass is 301 g/mol. The van der Waals surface area contributed by atoms with Crippen LogP contribution in [-0.4, -0.2) is 25.6 Å². The van der Waals surface area contributed by atoms with E-state index >= 15 is 0 Å². The average Bonchev–Trinajstić information content (AvgIpc) is 2.87. The first kappa shape index (κ1) is 15.0. The molecule has 0 radical (unpaired) electrons. The number of carboxylic acid groups (broad SMARTS) is 1. The standard InChI is InChI=1S/C17H23N3O2/c1-11-9-13-15(18-10-11)20(17(2,3)16(21)22)14(19-13)12-7-5-4-6-8-12/h9-10,12H,4-8H2,1-3H3,(H,21,22). The summed E-state index contributed by atoms with van der Waals surface area (Å²) in [4.78, 5) is 21.1. The second-order valence-corrected chi connectivity index (χ2v) is 6.86. The van der Waals surface area contributed by atoms with E-state index in [4.69, 9.17) is 4.98 Å². The van der Waals surface area contributed by atoms with Crippen LogP contribution in [0.3, 0.4) is 0 Å². The number of nitrogens with zero attached hydrogens (tertiary/aromatic N) is 3. The molecular weight excluding hydrogens is 278 g/mol. The Balaban J connectivity index is 2.23. The first-order chi connectivity index (χ1) is 10.4. The largest absolute Gasteiger partial charge is 0.480 e. The van der Waals surface area contributed by atoms with Crippen LogP contribution in [0, 0.1) is 6.92 Å². The zero-order valence-electron chi connectivity index (χ0n) is 13.5. The summed E-state index contributed by atoms with van der Waals surface area (Å²) in [6.45, 7) is 5.43. The van der Waals surface area contributed by atoms with Crippen LogP contribution in [0.1, 0.15) is 63.3 Å². The van der Waals surface area contributed by atoms with E-state index in [1.54, 1.807) is 20.0 Å². The molecule has 0 atom stereocenters. The summed E-state index contributed by atoms with van der Waals surface area (Å²) in [5.74, 6) is 0.369. The fourth-order valence-electron chi connectivity index (χ4n) is 3.36. The molecule has 3 rings (SSSR count). The van der Waals surface area contributed by atoms with Gasteiger partial charge in [-0.1, -0.05) is 19.3 Å². The summed E-state index contributed by atoms with van der Waals surface area (Å²) in [6, 6.07) is 1.99. The van der Waals surface area contributed by atoms with Crippen molar-refractivity contribution in [3.63, 3.8) is 0 Å². The van der Waals surface area contributed by atoms with Gasteiger partial charge in [-0.25, -0.2) is 14.8 Å². The van der Waals surface area contributed by atoms with Gasteiger partial charge in [0.05, 0.1) is 0 Å². The number of carbonyl (C=O) groups is 1. The number of aliphatic carboxylic acids is 1. The van der Waals surface area contributed by atoms with Gasteiger partial charge in [-0.3, -0.25) is 4.57 Å². The van der Waals surface area contributed by atoms with Crippen molar-refractivity contribution in [3.8, 4) is 0 Å². The van der Waals surface area contributed by atoms with Crippen LogP contribution in [0.4, 0.5) is 0 Å². The third-order valence-electron chi connectivity index (χ3n) is 4.71. The minimum atomic E-state index is -1.05. The SMILES string of the molecule is Cc1cnc2c(c1)nc(C1CCCCC1)n2C(C)(C)C(=O)O. The van der Waals surface area contributed by atoms with Gasteiger partial charge >= 0.3 is 5.97 Å². The van der Waals surface area contributed by atoms with Gasteiger partial charge in [-0.2, -0.15) is 0 Å². The Labute approximate surface area is 130 Å². The maximum absolute atomic E-state index is 11.8. The van der Waals surface area contributed by atoms with E-state index in [2.05, 4.69) is 4.98 Å². The van der Waals surface area contributed by atoms with Gasteiger partial charge in [-0.05, 0) is 45.2 Å². The molecule has 0 bridgehead atoms. The maximum Gasteiger partial charge on any atom is 0.329 e. The third kappa shape index (κ3) is 2.38. The summed E-state index contributed by atoms with van der Waals surface area (Å²) in [7, 11) is 0. The number of imidazole rings is 1. The molecule has 1 saturated carbocycles. The van der Waals surface area contributed by atoms with Crippen LogP contribution in [0.5, 0.6) is 0 Å². The normalized spacial score (nSPS) is 17.0. The van der Waals surface area contributed by atoms with Gasteiger partial charge in [-0.15, -0.1) is 0 Å². The van der Waals surface area contributed by atoms with Crippen molar-refractivity contribution >= 4 is 17.1 Å². The number of fused-ring (bicyclic) bond motifs is 1. The second-order valence-electron chi connectivity index (χ2n) is 6.86. The summed E-state index contributed by atoms with van der Waals surface area (Å²) in [5.41, 5.74) is 1.47. The van der Waals surface area contributed by atoms with E-state index in [0.29, 0.717) is 11.6 Å². The maximum atomic E-state index is 11.8. The predicted molar refractivity (Wildman–Crippen MR) is 85.0 cm³/mol. The number of aromatic nitrogens is 3. The summed E-state index contributed by atoms with van der Waals surface area (Å²) >= 11 is 0. The third-order valence-corrected chi connectivity index (χ3v) is 4.71. The Morgan fingerprint density at radius 2 is 2.00 bits per heavy atom. The molecular formula is C17H23N3O2. The summed E-state index contributed by atoms with van der Waals surface area (Å²) in [6.07, 6.45) is 7.58. The molecule has 1 N–H and O–H groups in total. The molecule has 118 valence electrons. The molecule has 0 amide bonds. The van der Waals surface area contributed by atoms with Crippen molar-refractivity contribution < 1.29 is 9.90 Å². The first-order valence-electron chi connectivity index (χ1n) is 8.00. The molecule has 1 fully saturated rings. The average molecular weight is 301 g/mol. The molecule has 0 spiro atoms. The Bertz CT molecular complexity index is 712. The molecule has 1 aliphatic carbocycles. The summed E-state index contributed by atoms with van der Waals surface area (Å²) < 4.78 is 1.85. The lowest BCUT2D eigenvalue weighted by Crippen LogP contribution is -2.37. The Morgan fingerprint density at radius 3 is 2.64 bits per heavy atom. The number of carboxylic acids is 1. The quantitative estimate of drug-likeness (QED) is 0.940. The highest BCUT2D eigenvalue weighted by atomic mass is 16.4. The van der Waals surface area contributed by atoms with Crippen molar-refractivity contribution in [1.82, 2.24) is 14.5 Å². The highest BCUT2D eigenvalue weighted by molar-refractivity contribution is 5.80. The molecule has 0 saturated heterocycles. The number of aryl methyl sites for hydroxylation is 1. The topological polar surface area (TPSA) is 68.0 Å². The number of pyridine rings is 1. The molecule has 2 aromatic heterocycles. The summed E-state index contributed by atoms with van der Waals surface area (Å²) in [5, 5.41) is 9.67. The predicted octanol–water partition coefficient (Wildman–Crippen LogP) is 3.61. The second kappa shape index (κ2) is 5.38. The van der Waals surface area contributed by atoms with Crippen LogP contribution in [0.15, 0.2) is 12.3 Å². The van der Waals surface area contributed by atoms with Crippen molar-refractivity contribution in [2.45, 2.75) is 64.3 Å². The van der Waals surface area contributed by atoms with Crippen molar-refractivity contribution in [1.29, 1.82) is 0 Å². The van der Waals surface area contributed by atoms with E-state index in [1.807, 2.05) is 17.6 Å². The highest BCUT2D eigenvalue weighted by Gasteiger charge is 2.36. The van der Waals surface area contributed by atoms with Gasteiger partial charge in [0.2, 0.25) is 0 Å². The molecule has 2 aromatic rings. The Kier molecular flexibility index (Phi) is 3.67. The van der Waals surface area contributed by atoms with Crippen molar-refractivity contribution in [2.24, 2.45) is 0 Å². The van der Waals surface area contributed by atoms with Gasteiger partial charge in [0.15, 0.2) is 5.65 Å². The minimum Gasteiger partial charge on any atom is -0.480 e. The molecule has 0 aliphatic heterocycles. The fraction of sp³-hybridized carbons (Fsp3) is 0.588. The lowest BCUT2D eigenvalue weighted by atomic mass is 9.88. The lowest BCUT2D eigenvalue weighted by Gasteiger charge is -2.28. The van der Waals surface area contributed by atoms with Crippen LogP contribution in [0.25, 0.3) is 11.2 Å². The van der Waals surface area contributed by atoms with Crippen LogP contribution in [0.2, 0.25) is 0 Å². The van der Waals surface area contributed by atoms with Crippen molar-refractivity contribution in [2.75, 3.05) is 0 Å².